The maximum Gasteiger partial charge on any atom is 0.294 e. The van der Waals surface area contributed by atoms with E-state index in [1.807, 2.05) is 13.8 Å². The molecule has 7 heteroatoms. The number of para-hydroxylation sites is 1. The third-order valence-corrected chi connectivity index (χ3v) is 4.64. The van der Waals surface area contributed by atoms with Crippen LogP contribution in [0.4, 0.5) is 4.79 Å². The van der Waals surface area contributed by atoms with E-state index in [0.717, 1.165) is 29.5 Å². The van der Waals surface area contributed by atoms with Crippen molar-refractivity contribution in [2.45, 2.75) is 26.7 Å². The number of imide groups is 1. The van der Waals surface area contributed by atoms with E-state index in [2.05, 4.69) is 0 Å². The zero-order valence-electron chi connectivity index (χ0n) is 14.4. The average Bonchev–Trinajstić information content (AvgIpc) is 2.84. The summed E-state index contributed by atoms with van der Waals surface area (Å²) in [7, 11) is 0. The smallest absolute Gasteiger partial charge is 0.294 e. The molecule has 3 amide bonds. The van der Waals surface area contributed by atoms with Gasteiger partial charge in [0.05, 0.1) is 4.91 Å². The lowest BCUT2D eigenvalue weighted by Gasteiger charge is -2.23. The highest BCUT2D eigenvalue weighted by Gasteiger charge is 2.37. The first kappa shape index (κ1) is 19.1. The van der Waals surface area contributed by atoms with Crippen molar-refractivity contribution in [1.82, 2.24) is 9.80 Å². The van der Waals surface area contributed by atoms with E-state index < -0.39 is 11.1 Å². The van der Waals surface area contributed by atoms with Gasteiger partial charge in [-0.15, -0.1) is 0 Å². The minimum atomic E-state index is -0.500. The van der Waals surface area contributed by atoms with Crippen LogP contribution in [0.5, 0.6) is 5.75 Å². The normalized spacial score (nSPS) is 15.9. The van der Waals surface area contributed by atoms with Crippen molar-refractivity contribution in [2.75, 3.05) is 19.6 Å². The molecule has 0 unspecified atom stereocenters. The zero-order chi connectivity index (χ0) is 18.4. The maximum atomic E-state index is 12.5. The van der Waals surface area contributed by atoms with Crippen LogP contribution in [0.25, 0.3) is 6.08 Å². The molecule has 6 nitrogen and oxygen atoms in total. The Labute approximate surface area is 151 Å². The number of nitrogens with zero attached hydrogens (tertiary/aromatic N) is 2. The Balaban J connectivity index is 2.13. The van der Waals surface area contributed by atoms with Gasteiger partial charge in [0, 0.05) is 18.7 Å². The van der Waals surface area contributed by atoms with Crippen LogP contribution in [0.3, 0.4) is 0 Å². The van der Waals surface area contributed by atoms with E-state index in [1.165, 1.54) is 12.1 Å². The number of hydrogen-bond donors (Lipinski definition) is 1. The first-order chi connectivity index (χ1) is 12.0. The molecule has 2 rings (SSSR count). The van der Waals surface area contributed by atoms with Gasteiger partial charge in [0.2, 0.25) is 5.91 Å². The van der Waals surface area contributed by atoms with E-state index in [-0.39, 0.29) is 23.1 Å². The molecule has 1 aromatic rings. The summed E-state index contributed by atoms with van der Waals surface area (Å²) in [5, 5.41) is 9.34. The summed E-state index contributed by atoms with van der Waals surface area (Å²) < 4.78 is 0. The number of hydrogen-bond acceptors (Lipinski definition) is 5. The minimum Gasteiger partial charge on any atom is -0.507 e. The van der Waals surface area contributed by atoms with Crippen molar-refractivity contribution in [3.8, 4) is 5.75 Å². The molecule has 1 heterocycles. The van der Waals surface area contributed by atoms with Gasteiger partial charge >= 0.3 is 0 Å². The molecule has 1 fully saturated rings. The lowest BCUT2D eigenvalue weighted by molar-refractivity contribution is -0.135. The number of amides is 3. The van der Waals surface area contributed by atoms with Gasteiger partial charge in [0.25, 0.3) is 11.1 Å². The Morgan fingerprint density at radius 3 is 2.44 bits per heavy atom. The zero-order valence-corrected chi connectivity index (χ0v) is 15.2. The molecule has 1 aliphatic heterocycles. The van der Waals surface area contributed by atoms with Crippen molar-refractivity contribution >= 4 is 34.9 Å². The predicted octanol–water partition coefficient (Wildman–Crippen LogP) is 3.08. The first-order valence-corrected chi connectivity index (χ1v) is 9.10. The summed E-state index contributed by atoms with van der Waals surface area (Å²) in [6.07, 6.45) is 3.11. The highest BCUT2D eigenvalue weighted by molar-refractivity contribution is 8.18. The van der Waals surface area contributed by atoms with Gasteiger partial charge in [-0.25, -0.2) is 0 Å². The number of carbonyl (C=O) groups excluding carboxylic acids is 3. The second-order valence-electron chi connectivity index (χ2n) is 5.71. The SMILES string of the molecule is CCCN(CCC)C(=O)CN1C(=O)S/C(=C\c2ccccc2O)C1=O. The molecular formula is C18H22N2O4S. The summed E-state index contributed by atoms with van der Waals surface area (Å²) >= 11 is 0.782. The minimum absolute atomic E-state index is 0.0300. The van der Waals surface area contributed by atoms with Crippen LogP contribution in [-0.4, -0.2) is 51.6 Å². The maximum absolute atomic E-state index is 12.5. The second kappa shape index (κ2) is 8.71. The number of aromatic hydroxyl groups is 1. The van der Waals surface area contributed by atoms with Crippen molar-refractivity contribution in [3.05, 3.63) is 34.7 Å². The second-order valence-corrected chi connectivity index (χ2v) is 6.70. The van der Waals surface area contributed by atoms with E-state index in [0.29, 0.717) is 18.7 Å². The molecule has 0 radical (unpaired) electrons. The summed E-state index contributed by atoms with van der Waals surface area (Å²) in [6.45, 7) is 4.92. The molecule has 1 N–H and O–H groups in total. The summed E-state index contributed by atoms with van der Waals surface area (Å²) in [6, 6.07) is 6.56. The van der Waals surface area contributed by atoms with E-state index in [4.69, 9.17) is 0 Å². The molecule has 25 heavy (non-hydrogen) atoms. The summed E-state index contributed by atoms with van der Waals surface area (Å²) in [5.74, 6) is -0.697. The van der Waals surface area contributed by atoms with Gasteiger partial charge in [0.15, 0.2) is 0 Å². The Hall–Kier alpha value is -2.28. The van der Waals surface area contributed by atoms with E-state index in [1.54, 1.807) is 23.1 Å². The highest BCUT2D eigenvalue weighted by atomic mass is 32.2. The molecule has 0 aliphatic carbocycles. The van der Waals surface area contributed by atoms with Crippen molar-refractivity contribution in [1.29, 1.82) is 0 Å². The largest absolute Gasteiger partial charge is 0.507 e. The molecule has 1 aliphatic rings. The fraction of sp³-hybridized carbons (Fsp3) is 0.389. The van der Waals surface area contributed by atoms with Crippen LogP contribution in [-0.2, 0) is 9.59 Å². The molecule has 1 aromatic carbocycles. The Morgan fingerprint density at radius 2 is 1.84 bits per heavy atom. The van der Waals surface area contributed by atoms with Crippen LogP contribution >= 0.6 is 11.8 Å². The van der Waals surface area contributed by atoms with E-state index >= 15 is 0 Å². The van der Waals surface area contributed by atoms with Crippen molar-refractivity contribution < 1.29 is 19.5 Å². The van der Waals surface area contributed by atoms with Crippen LogP contribution in [0.15, 0.2) is 29.2 Å². The molecule has 0 saturated carbocycles. The molecule has 0 bridgehead atoms. The van der Waals surface area contributed by atoms with Crippen molar-refractivity contribution in [3.63, 3.8) is 0 Å². The van der Waals surface area contributed by atoms with Crippen LogP contribution < -0.4 is 0 Å². The number of rotatable bonds is 7. The number of phenolic OH excluding ortho intramolecular Hbond substituents is 1. The third-order valence-electron chi connectivity index (χ3n) is 3.73. The Morgan fingerprint density at radius 1 is 1.20 bits per heavy atom. The molecule has 0 aromatic heterocycles. The van der Waals surface area contributed by atoms with Gasteiger partial charge in [0.1, 0.15) is 12.3 Å². The quantitative estimate of drug-likeness (QED) is 0.754. The Kier molecular flexibility index (Phi) is 6.64. The molecule has 134 valence electrons. The number of carbonyl (C=O) groups is 3. The van der Waals surface area contributed by atoms with Crippen LogP contribution in [0.1, 0.15) is 32.3 Å². The third kappa shape index (κ3) is 4.63. The monoisotopic (exact) mass is 362 g/mol. The lowest BCUT2D eigenvalue weighted by atomic mass is 10.2. The number of thioether (sulfide) groups is 1. The molecule has 0 spiro atoms. The number of benzene rings is 1. The van der Waals surface area contributed by atoms with Gasteiger partial charge < -0.3 is 10.0 Å². The van der Waals surface area contributed by atoms with Crippen LogP contribution in [0, 0.1) is 0 Å². The topological polar surface area (TPSA) is 77.9 Å². The summed E-state index contributed by atoms with van der Waals surface area (Å²) in [5.41, 5.74) is 0.456. The highest BCUT2D eigenvalue weighted by Crippen LogP contribution is 2.33. The van der Waals surface area contributed by atoms with Gasteiger partial charge in [-0.05, 0) is 36.7 Å². The predicted molar refractivity (Wildman–Crippen MR) is 97.9 cm³/mol. The Bertz CT molecular complexity index is 696. The average molecular weight is 362 g/mol. The van der Waals surface area contributed by atoms with Gasteiger partial charge in [-0.2, -0.15) is 0 Å². The fourth-order valence-electron chi connectivity index (χ4n) is 2.52. The molecular weight excluding hydrogens is 340 g/mol. The van der Waals surface area contributed by atoms with Crippen molar-refractivity contribution in [2.24, 2.45) is 0 Å². The molecule has 1 saturated heterocycles. The van der Waals surface area contributed by atoms with Crippen LogP contribution in [0.2, 0.25) is 0 Å². The first-order valence-electron chi connectivity index (χ1n) is 8.29. The van der Waals surface area contributed by atoms with E-state index in [9.17, 15) is 19.5 Å². The lowest BCUT2D eigenvalue weighted by Crippen LogP contribution is -2.42. The number of phenols is 1. The van der Waals surface area contributed by atoms with Gasteiger partial charge in [-0.3, -0.25) is 19.3 Å². The summed E-state index contributed by atoms with van der Waals surface area (Å²) in [4.78, 5) is 39.9. The standard InChI is InChI=1S/C18H22N2O4S/c1-3-9-19(10-4-2)16(22)12-20-17(23)15(25-18(20)24)11-13-7-5-6-8-14(13)21/h5-8,11,21H,3-4,9-10,12H2,1-2H3/b15-11-. The fourth-order valence-corrected chi connectivity index (χ4v) is 3.35. The molecule has 0 atom stereocenters. The van der Waals surface area contributed by atoms with Gasteiger partial charge in [-0.1, -0.05) is 32.0 Å².